The van der Waals surface area contributed by atoms with Crippen molar-refractivity contribution in [2.45, 2.75) is 18.9 Å². The number of carbonyl (C=O) groups is 1. The third-order valence-electron chi connectivity index (χ3n) is 5.89. The van der Waals surface area contributed by atoms with E-state index in [9.17, 15) is 9.18 Å². The van der Waals surface area contributed by atoms with Crippen molar-refractivity contribution in [3.05, 3.63) is 84.0 Å². The van der Waals surface area contributed by atoms with E-state index < -0.39 is 0 Å². The van der Waals surface area contributed by atoms with E-state index in [-0.39, 0.29) is 17.6 Å². The summed E-state index contributed by atoms with van der Waals surface area (Å²) in [5, 5.41) is 9.08. The lowest BCUT2D eigenvalue weighted by Gasteiger charge is -2.16. The number of hydrogen-bond acceptors (Lipinski definition) is 6. The summed E-state index contributed by atoms with van der Waals surface area (Å²) < 4.78 is 21.0. The minimum absolute atomic E-state index is 0.0705. The van der Waals surface area contributed by atoms with Gasteiger partial charge in [-0.25, -0.2) is 9.07 Å². The van der Waals surface area contributed by atoms with Gasteiger partial charge in [0.2, 0.25) is 5.91 Å². The Bertz CT molecular complexity index is 1250. The molecule has 2 aliphatic heterocycles. The lowest BCUT2D eigenvalue weighted by molar-refractivity contribution is -0.125. The number of hydrazone groups is 1. The monoisotopic (exact) mass is 446 g/mol. The molecule has 2 aromatic carbocycles. The molecule has 33 heavy (non-hydrogen) atoms. The summed E-state index contributed by atoms with van der Waals surface area (Å²) in [5.41, 5.74) is 12.6. The Hall–Kier alpha value is -4.14. The summed E-state index contributed by atoms with van der Waals surface area (Å²) in [7, 11) is 0. The molecule has 0 radical (unpaired) electrons. The van der Waals surface area contributed by atoms with E-state index in [0.29, 0.717) is 37.0 Å². The summed E-state index contributed by atoms with van der Waals surface area (Å²) in [6.45, 7) is 5.35. The Kier molecular flexibility index (Phi) is 5.29. The van der Waals surface area contributed by atoms with E-state index in [1.54, 1.807) is 33.8 Å². The van der Waals surface area contributed by atoms with Crippen molar-refractivity contribution in [3.63, 3.8) is 0 Å². The Morgan fingerprint density at radius 1 is 1.24 bits per heavy atom. The molecule has 0 bridgehead atoms. The van der Waals surface area contributed by atoms with Gasteiger partial charge in [0.1, 0.15) is 23.0 Å². The highest BCUT2D eigenvalue weighted by molar-refractivity contribution is 5.98. The maximum absolute atomic E-state index is 13.4. The zero-order valence-corrected chi connectivity index (χ0v) is 17.9. The van der Waals surface area contributed by atoms with Crippen LogP contribution in [-0.2, 0) is 11.3 Å². The predicted molar refractivity (Wildman–Crippen MR) is 122 cm³/mol. The number of hydrogen-bond donors (Lipinski definition) is 2. The van der Waals surface area contributed by atoms with Crippen molar-refractivity contribution >= 4 is 11.7 Å². The van der Waals surface area contributed by atoms with Crippen LogP contribution in [0, 0.1) is 5.82 Å². The number of nitrogens with one attached hydrogen (secondary N) is 1. The van der Waals surface area contributed by atoms with Crippen LogP contribution in [0.1, 0.15) is 29.3 Å². The largest absolute Gasteiger partial charge is 0.457 e. The third-order valence-corrected chi connectivity index (χ3v) is 5.89. The molecule has 1 amide bonds. The van der Waals surface area contributed by atoms with Gasteiger partial charge in [-0.1, -0.05) is 12.6 Å². The number of amidine groups is 1. The minimum atomic E-state index is -0.358. The van der Waals surface area contributed by atoms with Crippen LogP contribution in [0.3, 0.4) is 0 Å². The number of nitrogens with zero attached hydrogens (tertiary/aromatic N) is 4. The van der Waals surface area contributed by atoms with Gasteiger partial charge in [-0.3, -0.25) is 4.79 Å². The molecule has 9 heteroatoms. The van der Waals surface area contributed by atoms with Crippen molar-refractivity contribution in [1.29, 1.82) is 0 Å². The summed E-state index contributed by atoms with van der Waals surface area (Å²) in [6, 6.07) is 13.3. The number of rotatable bonds is 5. The zero-order chi connectivity index (χ0) is 22.9. The van der Waals surface area contributed by atoms with E-state index >= 15 is 0 Å². The van der Waals surface area contributed by atoms with Gasteiger partial charge in [-0.15, -0.1) is 0 Å². The normalized spacial score (nSPS) is 17.2. The van der Waals surface area contributed by atoms with Crippen molar-refractivity contribution < 1.29 is 13.9 Å². The fourth-order valence-corrected chi connectivity index (χ4v) is 4.31. The highest BCUT2D eigenvalue weighted by Crippen LogP contribution is 2.33. The van der Waals surface area contributed by atoms with Gasteiger partial charge in [0.05, 0.1) is 17.9 Å². The number of aromatic nitrogens is 2. The number of benzene rings is 2. The molecule has 0 unspecified atom stereocenters. The maximum atomic E-state index is 13.4. The summed E-state index contributed by atoms with van der Waals surface area (Å²) >= 11 is 0. The predicted octanol–water partition coefficient (Wildman–Crippen LogP) is 3.03. The highest BCUT2D eigenvalue weighted by atomic mass is 19.1. The zero-order valence-electron chi connectivity index (χ0n) is 17.9. The SMILES string of the molecule is C=CC(=O)N1CC[C@@H](c2nn(-c3ccc(Oc4cccc(F)c4)cc3)c3c2CNN=C3N)C1. The van der Waals surface area contributed by atoms with Gasteiger partial charge < -0.3 is 20.8 Å². The standard InChI is InChI=1S/C24H23FN6O2/c1-2-21(32)30-11-10-15(14-30)22-20-13-27-28-24(26)23(20)31(29-22)17-6-8-18(9-7-17)33-19-5-3-4-16(25)12-19/h2-9,12,15,27H,1,10-11,13-14H2,(H2,26,28)/t15-/m1/s1. The van der Waals surface area contributed by atoms with Crippen LogP contribution < -0.4 is 15.9 Å². The number of carbonyl (C=O) groups excluding carboxylic acids is 1. The number of ether oxygens (including phenoxy) is 1. The molecule has 3 aromatic rings. The third kappa shape index (κ3) is 3.93. The Morgan fingerprint density at radius 3 is 2.82 bits per heavy atom. The topological polar surface area (TPSA) is 97.8 Å². The molecule has 0 spiro atoms. The molecule has 3 heterocycles. The number of amides is 1. The van der Waals surface area contributed by atoms with Gasteiger partial charge in [0.15, 0.2) is 5.84 Å². The van der Waals surface area contributed by atoms with Crippen LogP contribution in [0.5, 0.6) is 11.5 Å². The molecule has 2 aliphatic rings. The van der Waals surface area contributed by atoms with Gasteiger partial charge >= 0.3 is 0 Å². The summed E-state index contributed by atoms with van der Waals surface area (Å²) in [5.74, 6) is 1.02. The number of halogens is 1. The van der Waals surface area contributed by atoms with Crippen molar-refractivity contribution in [3.8, 4) is 17.2 Å². The van der Waals surface area contributed by atoms with Crippen LogP contribution in [0.2, 0.25) is 0 Å². The van der Waals surface area contributed by atoms with Crippen LogP contribution in [-0.4, -0.2) is 39.5 Å². The van der Waals surface area contributed by atoms with Gasteiger partial charge in [0.25, 0.3) is 0 Å². The average molecular weight is 446 g/mol. The molecule has 0 saturated carbocycles. The van der Waals surface area contributed by atoms with Crippen LogP contribution in [0.25, 0.3) is 5.69 Å². The number of likely N-dealkylation sites (tertiary alicyclic amines) is 1. The molecule has 168 valence electrons. The molecular weight excluding hydrogens is 423 g/mol. The maximum Gasteiger partial charge on any atom is 0.245 e. The van der Waals surface area contributed by atoms with Crippen LogP contribution in [0.4, 0.5) is 4.39 Å². The molecule has 1 fully saturated rings. The molecule has 3 N–H and O–H groups in total. The molecule has 5 rings (SSSR count). The summed E-state index contributed by atoms with van der Waals surface area (Å²) in [4.78, 5) is 13.8. The first-order valence-corrected chi connectivity index (χ1v) is 10.7. The van der Waals surface area contributed by atoms with Gasteiger partial charge in [-0.05, 0) is 48.9 Å². The molecular formula is C24H23FN6O2. The second-order valence-electron chi connectivity index (χ2n) is 7.98. The molecule has 1 saturated heterocycles. The fraction of sp³-hybridized carbons (Fsp3) is 0.208. The van der Waals surface area contributed by atoms with Crippen molar-refractivity contribution in [2.24, 2.45) is 10.8 Å². The van der Waals surface area contributed by atoms with Crippen molar-refractivity contribution in [2.75, 3.05) is 13.1 Å². The number of fused-ring (bicyclic) bond motifs is 1. The first-order valence-electron chi connectivity index (χ1n) is 10.7. The average Bonchev–Trinajstić information content (AvgIpc) is 3.45. The lowest BCUT2D eigenvalue weighted by Crippen LogP contribution is -2.29. The second-order valence-corrected chi connectivity index (χ2v) is 7.98. The lowest BCUT2D eigenvalue weighted by atomic mass is 9.98. The van der Waals surface area contributed by atoms with Gasteiger partial charge in [-0.2, -0.15) is 10.2 Å². The fourth-order valence-electron chi connectivity index (χ4n) is 4.31. The van der Waals surface area contributed by atoms with E-state index in [1.165, 1.54) is 18.2 Å². The molecule has 8 nitrogen and oxygen atoms in total. The van der Waals surface area contributed by atoms with Crippen LogP contribution in [0.15, 0.2) is 66.3 Å². The Balaban J connectivity index is 1.45. The molecule has 1 atom stereocenters. The van der Waals surface area contributed by atoms with Gasteiger partial charge in [0, 0.05) is 30.6 Å². The van der Waals surface area contributed by atoms with Crippen molar-refractivity contribution in [1.82, 2.24) is 20.1 Å². The smallest absolute Gasteiger partial charge is 0.245 e. The second kappa shape index (κ2) is 8.42. The van der Waals surface area contributed by atoms with E-state index in [2.05, 4.69) is 17.1 Å². The number of nitrogens with two attached hydrogens (primary N) is 1. The van der Waals surface area contributed by atoms with E-state index in [0.717, 1.165) is 29.1 Å². The van der Waals surface area contributed by atoms with E-state index in [1.807, 2.05) is 12.1 Å². The summed E-state index contributed by atoms with van der Waals surface area (Å²) in [6.07, 6.45) is 2.16. The first-order chi connectivity index (χ1) is 16.0. The Morgan fingerprint density at radius 2 is 2.06 bits per heavy atom. The molecule has 0 aliphatic carbocycles. The Labute approximate surface area is 190 Å². The van der Waals surface area contributed by atoms with Crippen LogP contribution >= 0.6 is 0 Å². The first kappa shape index (κ1) is 20.7. The van der Waals surface area contributed by atoms with E-state index in [4.69, 9.17) is 15.6 Å². The quantitative estimate of drug-likeness (QED) is 0.587. The molecule has 1 aromatic heterocycles. The minimum Gasteiger partial charge on any atom is -0.457 e. The highest BCUT2D eigenvalue weighted by Gasteiger charge is 2.33.